The van der Waals surface area contributed by atoms with Crippen molar-refractivity contribution in [3.05, 3.63) is 0 Å². The van der Waals surface area contributed by atoms with E-state index in [0.717, 1.165) is 19.4 Å². The van der Waals surface area contributed by atoms with Crippen LogP contribution in [0.3, 0.4) is 0 Å². The molecular weight excluding hydrogens is 190 g/mol. The summed E-state index contributed by atoms with van der Waals surface area (Å²) < 4.78 is 0. The number of carbonyl (C=O) groups is 1. The third-order valence-corrected chi connectivity index (χ3v) is 6.01. The van der Waals surface area contributed by atoms with Crippen molar-refractivity contribution < 1.29 is 4.79 Å². The molecule has 0 spiro atoms. The largest absolute Gasteiger partial charge is 0.368 e. The third kappa shape index (κ3) is 0.658. The van der Waals surface area contributed by atoms with Crippen LogP contribution in [0.2, 0.25) is 0 Å². The Kier molecular flexibility index (Phi) is 1.43. The van der Waals surface area contributed by atoms with E-state index in [9.17, 15) is 4.79 Å². The molecule has 0 aromatic rings. The van der Waals surface area contributed by atoms with Crippen LogP contribution in [-0.2, 0) is 4.79 Å². The Morgan fingerprint density at radius 3 is 2.60 bits per heavy atom. The van der Waals surface area contributed by atoms with Crippen LogP contribution in [0.1, 0.15) is 33.1 Å². The summed E-state index contributed by atoms with van der Waals surface area (Å²) in [5.41, 5.74) is 5.25. The van der Waals surface area contributed by atoms with E-state index in [-0.39, 0.29) is 16.7 Å². The van der Waals surface area contributed by atoms with Gasteiger partial charge >= 0.3 is 0 Å². The normalized spacial score (nSPS) is 57.7. The van der Waals surface area contributed by atoms with Crippen LogP contribution in [0.25, 0.3) is 0 Å². The first kappa shape index (κ1) is 9.60. The summed E-state index contributed by atoms with van der Waals surface area (Å²) in [6.45, 7) is 5.30. The molecule has 0 aromatic carbocycles. The fraction of sp³-hybridized carbons (Fsp3) is 0.909. The molecule has 4 atom stereocenters. The zero-order valence-corrected chi connectivity index (χ0v) is 9.42. The molecule has 1 aliphatic heterocycles. The first-order valence-corrected chi connectivity index (χ1v) is 5.71. The second-order valence-corrected chi connectivity index (χ2v) is 6.04. The van der Waals surface area contributed by atoms with Gasteiger partial charge in [-0.25, -0.2) is 5.01 Å². The van der Waals surface area contributed by atoms with Gasteiger partial charge in [0.2, 0.25) is 5.91 Å². The van der Waals surface area contributed by atoms with Crippen LogP contribution in [0, 0.1) is 16.7 Å². The van der Waals surface area contributed by atoms with E-state index in [4.69, 9.17) is 11.6 Å². The number of piperidine rings is 1. The first-order valence-electron chi connectivity index (χ1n) is 5.71. The molecule has 1 saturated heterocycles. The molecule has 3 rings (SSSR count). The Bertz CT molecular complexity index is 358. The van der Waals surface area contributed by atoms with Crippen molar-refractivity contribution in [1.29, 1.82) is 0 Å². The Balaban J connectivity index is 2.22. The molecule has 15 heavy (non-hydrogen) atoms. The van der Waals surface area contributed by atoms with E-state index in [2.05, 4.69) is 13.8 Å². The maximum absolute atomic E-state index is 11.8. The van der Waals surface area contributed by atoms with E-state index >= 15 is 0 Å². The third-order valence-electron chi connectivity index (χ3n) is 6.01. The summed E-state index contributed by atoms with van der Waals surface area (Å²) in [5, 5.41) is 1.73. The predicted octanol–water partition coefficient (Wildman–Crippen LogP) is 0.226. The summed E-state index contributed by atoms with van der Waals surface area (Å²) >= 11 is 0. The van der Waals surface area contributed by atoms with Crippen LogP contribution in [0.4, 0.5) is 0 Å². The first-order chi connectivity index (χ1) is 6.88. The molecular formula is C11H19N3O. The molecule has 84 valence electrons. The summed E-state index contributed by atoms with van der Waals surface area (Å²) in [6, 6.07) is 0. The Labute approximate surface area is 89.9 Å². The lowest BCUT2D eigenvalue weighted by molar-refractivity contribution is -0.135. The van der Waals surface area contributed by atoms with Gasteiger partial charge in [0.05, 0.1) is 0 Å². The lowest BCUT2D eigenvalue weighted by Gasteiger charge is -2.43. The second-order valence-electron chi connectivity index (χ2n) is 6.04. The highest BCUT2D eigenvalue weighted by atomic mass is 16.2. The number of primary amides is 1. The lowest BCUT2D eigenvalue weighted by atomic mass is 9.65. The van der Waals surface area contributed by atoms with Gasteiger partial charge in [-0.2, -0.15) is 0 Å². The molecule has 2 saturated carbocycles. The monoisotopic (exact) mass is 209 g/mol. The van der Waals surface area contributed by atoms with Gasteiger partial charge in [0, 0.05) is 12.0 Å². The molecule has 4 heteroatoms. The minimum Gasteiger partial charge on any atom is -0.368 e. The summed E-state index contributed by atoms with van der Waals surface area (Å²) in [6.07, 6.45) is 3.19. The number of hydrogen-bond donors (Lipinski definition) is 2. The van der Waals surface area contributed by atoms with Gasteiger partial charge in [0.1, 0.15) is 5.54 Å². The molecule has 1 heterocycles. The van der Waals surface area contributed by atoms with Crippen LogP contribution < -0.4 is 11.6 Å². The molecule has 3 aliphatic rings. The fourth-order valence-electron chi connectivity index (χ4n) is 4.85. The van der Waals surface area contributed by atoms with E-state index in [1.807, 2.05) is 0 Å². The number of hydrazine groups is 1. The van der Waals surface area contributed by atoms with E-state index in [1.54, 1.807) is 5.01 Å². The van der Waals surface area contributed by atoms with Crippen molar-refractivity contribution in [1.82, 2.24) is 5.01 Å². The molecule has 0 unspecified atom stereocenters. The zero-order chi connectivity index (χ0) is 11.1. The average Bonchev–Trinajstić information content (AvgIpc) is 2.55. The number of amides is 1. The number of carbonyl (C=O) groups excluding carboxylic acids is 1. The van der Waals surface area contributed by atoms with Gasteiger partial charge in [-0.3, -0.25) is 10.6 Å². The lowest BCUT2D eigenvalue weighted by Crippen LogP contribution is -2.63. The maximum atomic E-state index is 11.8. The van der Waals surface area contributed by atoms with Crippen LogP contribution in [0.15, 0.2) is 0 Å². The Hall–Kier alpha value is -0.610. The summed E-state index contributed by atoms with van der Waals surface area (Å²) in [7, 11) is 0. The summed E-state index contributed by atoms with van der Waals surface area (Å²) in [4.78, 5) is 11.8. The number of nitrogens with two attached hydrogens (primary N) is 2. The highest BCUT2D eigenvalue weighted by Gasteiger charge is 2.79. The van der Waals surface area contributed by atoms with E-state index in [0.29, 0.717) is 5.92 Å². The number of hydrogen-bond acceptors (Lipinski definition) is 3. The topological polar surface area (TPSA) is 72.4 Å². The van der Waals surface area contributed by atoms with Gasteiger partial charge in [-0.15, -0.1) is 0 Å². The van der Waals surface area contributed by atoms with Gasteiger partial charge in [0.25, 0.3) is 0 Å². The van der Waals surface area contributed by atoms with Crippen LogP contribution in [0.5, 0.6) is 0 Å². The van der Waals surface area contributed by atoms with Crippen molar-refractivity contribution in [2.75, 3.05) is 6.54 Å². The smallest absolute Gasteiger partial charge is 0.239 e. The molecule has 4 nitrogen and oxygen atoms in total. The second kappa shape index (κ2) is 2.23. The molecule has 0 aromatic heterocycles. The standard InChI is InChI=1S/C11H19N3O/c1-9-6-14(13)11(8(12)15)5-7(9)3-4-10(9,11)2/h7H,3-6,13H2,1-2H3,(H2,12,15)/t7-,9+,10-,11+/m1/s1. The van der Waals surface area contributed by atoms with Crippen LogP contribution >= 0.6 is 0 Å². The zero-order valence-electron chi connectivity index (χ0n) is 9.42. The number of nitrogens with zero attached hydrogens (tertiary/aromatic N) is 1. The predicted molar refractivity (Wildman–Crippen MR) is 56.4 cm³/mol. The van der Waals surface area contributed by atoms with Gasteiger partial charge in [-0.05, 0) is 30.6 Å². The van der Waals surface area contributed by atoms with E-state index < -0.39 is 5.54 Å². The molecule has 3 fully saturated rings. The van der Waals surface area contributed by atoms with Crippen LogP contribution in [-0.4, -0.2) is 23.0 Å². The van der Waals surface area contributed by atoms with Crippen molar-refractivity contribution >= 4 is 5.91 Å². The van der Waals surface area contributed by atoms with E-state index in [1.165, 1.54) is 6.42 Å². The number of rotatable bonds is 1. The quantitative estimate of drug-likeness (QED) is 0.607. The van der Waals surface area contributed by atoms with Gasteiger partial charge < -0.3 is 5.73 Å². The average molecular weight is 209 g/mol. The molecule has 0 radical (unpaired) electrons. The highest BCUT2D eigenvalue weighted by Crippen LogP contribution is 2.74. The van der Waals surface area contributed by atoms with Gasteiger partial charge in [-0.1, -0.05) is 13.8 Å². The minimum absolute atomic E-state index is 0.00868. The minimum atomic E-state index is -0.565. The summed E-state index contributed by atoms with van der Waals surface area (Å²) in [5.74, 6) is 6.46. The molecule has 4 bridgehead atoms. The fourth-order valence-corrected chi connectivity index (χ4v) is 4.85. The van der Waals surface area contributed by atoms with Crippen molar-refractivity contribution in [3.8, 4) is 0 Å². The molecule has 2 aliphatic carbocycles. The molecule has 4 N–H and O–H groups in total. The Morgan fingerprint density at radius 2 is 2.13 bits per heavy atom. The van der Waals surface area contributed by atoms with Crippen molar-refractivity contribution in [2.24, 2.45) is 28.3 Å². The van der Waals surface area contributed by atoms with Gasteiger partial charge in [0.15, 0.2) is 0 Å². The molecule has 1 amide bonds. The van der Waals surface area contributed by atoms with Crippen molar-refractivity contribution in [3.63, 3.8) is 0 Å². The Morgan fingerprint density at radius 1 is 1.47 bits per heavy atom. The SMILES string of the molecule is C[C@]12CC[C@@H]3C[C@@]1(C(N)=O)N(N)C[C@@]32C. The maximum Gasteiger partial charge on any atom is 0.239 e. The van der Waals surface area contributed by atoms with Crippen molar-refractivity contribution in [2.45, 2.75) is 38.6 Å². The highest BCUT2D eigenvalue weighted by molar-refractivity contribution is 5.87.